The van der Waals surface area contributed by atoms with E-state index in [1.165, 1.54) is 6.92 Å². The van der Waals surface area contributed by atoms with E-state index in [1.807, 2.05) is 19.1 Å². The molecular weight excluding hydrogens is 318 g/mol. The van der Waals surface area contributed by atoms with Gasteiger partial charge in [0.25, 0.3) is 5.91 Å². The Labute approximate surface area is 146 Å². The van der Waals surface area contributed by atoms with Crippen LogP contribution in [-0.4, -0.2) is 17.7 Å². The Morgan fingerprint density at radius 2 is 1.44 bits per heavy atom. The Hall–Kier alpha value is -3.15. The smallest absolute Gasteiger partial charge is 0.269 e. The predicted octanol–water partition coefficient (Wildman–Crippen LogP) is 2.21. The minimum Gasteiger partial charge on any atom is -0.326 e. The highest BCUT2D eigenvalue weighted by molar-refractivity contribution is 5.95. The fourth-order valence-electron chi connectivity index (χ4n) is 2.23. The quantitative estimate of drug-likeness (QED) is 0.730. The van der Waals surface area contributed by atoms with E-state index in [1.54, 1.807) is 36.4 Å². The number of aryl methyl sites for hydroxylation is 1. The minimum atomic E-state index is -0.364. The van der Waals surface area contributed by atoms with Gasteiger partial charge in [-0.3, -0.25) is 25.2 Å². The number of amides is 3. The molecule has 0 aromatic heterocycles. The fraction of sp³-hybridized carbons (Fsp3) is 0.211. The molecule has 0 aliphatic heterocycles. The molecule has 0 aliphatic carbocycles. The van der Waals surface area contributed by atoms with Gasteiger partial charge in [0, 0.05) is 18.2 Å². The Balaban J connectivity index is 1.83. The third-order valence-electron chi connectivity index (χ3n) is 3.58. The van der Waals surface area contributed by atoms with E-state index < -0.39 is 0 Å². The second kappa shape index (κ2) is 8.63. The molecule has 0 bridgehead atoms. The molecule has 2 aromatic rings. The zero-order valence-corrected chi connectivity index (χ0v) is 14.3. The van der Waals surface area contributed by atoms with Crippen LogP contribution < -0.4 is 16.2 Å². The van der Waals surface area contributed by atoms with Gasteiger partial charge in [0.05, 0.1) is 6.42 Å². The Morgan fingerprint density at radius 3 is 2.00 bits per heavy atom. The maximum atomic E-state index is 12.0. The summed E-state index contributed by atoms with van der Waals surface area (Å²) in [5.41, 5.74) is 7.86. The fourth-order valence-corrected chi connectivity index (χ4v) is 2.23. The lowest BCUT2D eigenvalue weighted by molar-refractivity contribution is -0.121. The summed E-state index contributed by atoms with van der Waals surface area (Å²) in [7, 11) is 0. The number of hydrogen-bond donors (Lipinski definition) is 3. The van der Waals surface area contributed by atoms with Crippen LogP contribution in [0, 0.1) is 0 Å². The van der Waals surface area contributed by atoms with E-state index in [9.17, 15) is 14.4 Å². The van der Waals surface area contributed by atoms with Crippen molar-refractivity contribution < 1.29 is 14.4 Å². The van der Waals surface area contributed by atoms with Crippen molar-refractivity contribution >= 4 is 23.4 Å². The van der Waals surface area contributed by atoms with E-state index in [0.29, 0.717) is 11.3 Å². The molecule has 0 saturated heterocycles. The summed E-state index contributed by atoms with van der Waals surface area (Å²) in [6.45, 7) is 3.47. The number of nitrogens with one attached hydrogen (secondary N) is 3. The Kier molecular flexibility index (Phi) is 6.28. The average molecular weight is 339 g/mol. The summed E-state index contributed by atoms with van der Waals surface area (Å²) in [6.07, 6.45) is 1.02. The van der Waals surface area contributed by atoms with E-state index in [-0.39, 0.29) is 24.1 Å². The van der Waals surface area contributed by atoms with Gasteiger partial charge in [-0.05, 0) is 41.8 Å². The van der Waals surface area contributed by atoms with Crippen LogP contribution in [0.15, 0.2) is 48.5 Å². The lowest BCUT2D eigenvalue weighted by Gasteiger charge is -2.08. The zero-order chi connectivity index (χ0) is 18.2. The number of hydrogen-bond acceptors (Lipinski definition) is 3. The molecule has 2 rings (SSSR count). The summed E-state index contributed by atoms with van der Waals surface area (Å²) in [5.74, 6) is -0.844. The molecule has 130 valence electrons. The van der Waals surface area contributed by atoms with Crippen LogP contribution in [0.5, 0.6) is 0 Å². The first kappa shape index (κ1) is 18.2. The molecule has 0 heterocycles. The molecule has 0 radical (unpaired) electrons. The van der Waals surface area contributed by atoms with Gasteiger partial charge in [-0.15, -0.1) is 0 Å². The second-order valence-corrected chi connectivity index (χ2v) is 5.61. The standard InChI is InChI=1S/C19H21N3O3/c1-3-14-4-8-16(9-5-14)19(25)22-21-18(24)12-15-6-10-17(11-7-15)20-13(2)23/h4-11H,3,12H2,1-2H3,(H,20,23)(H,21,24)(H,22,25). The third kappa shape index (κ3) is 5.76. The van der Waals surface area contributed by atoms with Crippen molar-refractivity contribution in [1.82, 2.24) is 10.9 Å². The number of hydrazine groups is 1. The van der Waals surface area contributed by atoms with Crippen LogP contribution in [0.2, 0.25) is 0 Å². The van der Waals surface area contributed by atoms with Gasteiger partial charge in [0.2, 0.25) is 11.8 Å². The van der Waals surface area contributed by atoms with Gasteiger partial charge in [0.1, 0.15) is 0 Å². The first-order chi connectivity index (χ1) is 12.0. The molecule has 0 unspecified atom stereocenters. The van der Waals surface area contributed by atoms with Gasteiger partial charge in [0.15, 0.2) is 0 Å². The van der Waals surface area contributed by atoms with Crippen molar-refractivity contribution in [2.24, 2.45) is 0 Å². The van der Waals surface area contributed by atoms with Crippen LogP contribution in [0.1, 0.15) is 35.3 Å². The maximum absolute atomic E-state index is 12.0. The number of anilines is 1. The molecule has 2 aromatic carbocycles. The van der Waals surface area contributed by atoms with Crippen LogP contribution >= 0.6 is 0 Å². The molecule has 0 fully saturated rings. The molecule has 0 atom stereocenters. The van der Waals surface area contributed by atoms with Crippen molar-refractivity contribution in [3.63, 3.8) is 0 Å². The normalized spacial score (nSPS) is 10.0. The van der Waals surface area contributed by atoms with Crippen LogP contribution in [0.4, 0.5) is 5.69 Å². The van der Waals surface area contributed by atoms with Crippen molar-refractivity contribution in [1.29, 1.82) is 0 Å². The average Bonchev–Trinajstić information content (AvgIpc) is 2.61. The van der Waals surface area contributed by atoms with E-state index in [4.69, 9.17) is 0 Å². The molecule has 0 saturated carbocycles. The number of carbonyl (C=O) groups excluding carboxylic acids is 3. The lowest BCUT2D eigenvalue weighted by atomic mass is 10.1. The number of benzene rings is 2. The van der Waals surface area contributed by atoms with Crippen LogP contribution in [0.3, 0.4) is 0 Å². The summed E-state index contributed by atoms with van der Waals surface area (Å²) < 4.78 is 0. The van der Waals surface area contributed by atoms with Crippen molar-refractivity contribution in [2.75, 3.05) is 5.32 Å². The monoisotopic (exact) mass is 339 g/mol. The van der Waals surface area contributed by atoms with Gasteiger partial charge >= 0.3 is 0 Å². The van der Waals surface area contributed by atoms with Gasteiger partial charge in [-0.1, -0.05) is 31.2 Å². The maximum Gasteiger partial charge on any atom is 0.269 e. The van der Waals surface area contributed by atoms with E-state index >= 15 is 0 Å². The number of rotatable bonds is 5. The van der Waals surface area contributed by atoms with Gasteiger partial charge in [-0.2, -0.15) is 0 Å². The zero-order valence-electron chi connectivity index (χ0n) is 14.3. The van der Waals surface area contributed by atoms with Crippen LogP contribution in [0.25, 0.3) is 0 Å². The van der Waals surface area contributed by atoms with Gasteiger partial charge in [-0.25, -0.2) is 0 Å². The molecule has 25 heavy (non-hydrogen) atoms. The number of carbonyl (C=O) groups is 3. The summed E-state index contributed by atoms with van der Waals surface area (Å²) in [6, 6.07) is 14.1. The molecule has 6 heteroatoms. The predicted molar refractivity (Wildman–Crippen MR) is 95.9 cm³/mol. The largest absolute Gasteiger partial charge is 0.326 e. The highest BCUT2D eigenvalue weighted by Crippen LogP contribution is 2.10. The van der Waals surface area contributed by atoms with E-state index in [2.05, 4.69) is 16.2 Å². The molecule has 6 nitrogen and oxygen atoms in total. The molecule has 0 aliphatic rings. The minimum absolute atomic E-state index is 0.120. The molecule has 3 amide bonds. The van der Waals surface area contributed by atoms with Gasteiger partial charge < -0.3 is 5.32 Å². The first-order valence-electron chi connectivity index (χ1n) is 8.02. The highest BCUT2D eigenvalue weighted by Gasteiger charge is 2.08. The molecule has 3 N–H and O–H groups in total. The molecular formula is C19H21N3O3. The second-order valence-electron chi connectivity index (χ2n) is 5.61. The topological polar surface area (TPSA) is 87.3 Å². The highest BCUT2D eigenvalue weighted by atomic mass is 16.2. The lowest BCUT2D eigenvalue weighted by Crippen LogP contribution is -2.42. The van der Waals surface area contributed by atoms with Crippen molar-refractivity contribution in [3.8, 4) is 0 Å². The Bertz CT molecular complexity index is 752. The Morgan fingerprint density at radius 1 is 0.840 bits per heavy atom. The van der Waals surface area contributed by atoms with Crippen molar-refractivity contribution in [2.45, 2.75) is 26.7 Å². The van der Waals surface area contributed by atoms with Crippen LogP contribution in [-0.2, 0) is 22.4 Å². The summed E-state index contributed by atoms with van der Waals surface area (Å²) >= 11 is 0. The third-order valence-corrected chi connectivity index (χ3v) is 3.58. The SMILES string of the molecule is CCc1ccc(C(=O)NNC(=O)Cc2ccc(NC(C)=O)cc2)cc1. The summed E-state index contributed by atoms with van der Waals surface area (Å²) in [5, 5.41) is 2.66. The molecule has 0 spiro atoms. The summed E-state index contributed by atoms with van der Waals surface area (Å²) in [4.78, 5) is 34.9. The first-order valence-corrected chi connectivity index (χ1v) is 8.02. The van der Waals surface area contributed by atoms with Crippen molar-refractivity contribution in [3.05, 3.63) is 65.2 Å². The van der Waals surface area contributed by atoms with E-state index in [0.717, 1.165) is 17.5 Å².